The zero-order chi connectivity index (χ0) is 11.5. The van der Waals surface area contributed by atoms with Crippen LogP contribution in [-0.2, 0) is 13.6 Å². The molecule has 0 amide bonds. The first-order chi connectivity index (χ1) is 7.65. The van der Waals surface area contributed by atoms with E-state index in [1.54, 1.807) is 4.68 Å². The second-order valence-electron chi connectivity index (χ2n) is 3.98. The molecule has 0 saturated carbocycles. The van der Waals surface area contributed by atoms with E-state index in [2.05, 4.69) is 22.5 Å². The molecule has 1 atom stereocenters. The number of aryl methyl sites for hydroxylation is 2. The van der Waals surface area contributed by atoms with E-state index in [1.165, 1.54) is 5.56 Å². The van der Waals surface area contributed by atoms with Crippen molar-refractivity contribution in [2.75, 3.05) is 0 Å². The Morgan fingerprint density at radius 3 is 2.94 bits per heavy atom. The first kappa shape index (κ1) is 10.9. The lowest BCUT2D eigenvalue weighted by Crippen LogP contribution is -2.17. The smallest absolute Gasteiger partial charge is 0.150 e. The number of rotatable bonds is 4. The van der Waals surface area contributed by atoms with E-state index >= 15 is 0 Å². The highest BCUT2D eigenvalue weighted by Gasteiger charge is 2.08. The molecule has 2 rings (SSSR count). The highest BCUT2D eigenvalue weighted by Crippen LogP contribution is 2.11. The molecule has 0 aliphatic rings. The highest BCUT2D eigenvalue weighted by atomic mass is 16.5. The number of hydrogen-bond donors (Lipinski definition) is 1. The van der Waals surface area contributed by atoms with Crippen LogP contribution in [0.2, 0.25) is 0 Å². The summed E-state index contributed by atoms with van der Waals surface area (Å²) in [5.41, 5.74) is 2.07. The van der Waals surface area contributed by atoms with Crippen molar-refractivity contribution < 1.29 is 4.52 Å². The second kappa shape index (κ2) is 4.49. The molecule has 86 valence electrons. The molecule has 0 aliphatic heterocycles. The summed E-state index contributed by atoms with van der Waals surface area (Å²) < 4.78 is 6.92. The van der Waals surface area contributed by atoms with Crippen LogP contribution in [0.5, 0.6) is 0 Å². The van der Waals surface area contributed by atoms with Crippen LogP contribution in [0.15, 0.2) is 23.0 Å². The first-order valence-corrected chi connectivity index (χ1v) is 5.29. The average molecular weight is 220 g/mol. The van der Waals surface area contributed by atoms with E-state index in [9.17, 15) is 0 Å². The summed E-state index contributed by atoms with van der Waals surface area (Å²) in [6.45, 7) is 4.69. The molecule has 0 radical (unpaired) electrons. The molecule has 16 heavy (non-hydrogen) atoms. The number of hydrogen-bond acceptors (Lipinski definition) is 4. The second-order valence-corrected chi connectivity index (χ2v) is 3.98. The number of nitrogens with zero attached hydrogens (tertiary/aromatic N) is 3. The Labute approximate surface area is 94.4 Å². The Kier molecular flexibility index (Phi) is 3.05. The molecule has 0 aliphatic carbocycles. The normalized spacial score (nSPS) is 12.9. The van der Waals surface area contributed by atoms with E-state index in [0.29, 0.717) is 6.54 Å². The largest absolute Gasteiger partial charge is 0.360 e. The van der Waals surface area contributed by atoms with Gasteiger partial charge in [0.1, 0.15) is 0 Å². The molecular formula is C11H16N4O. The fourth-order valence-electron chi connectivity index (χ4n) is 1.53. The van der Waals surface area contributed by atoms with E-state index in [4.69, 9.17) is 4.52 Å². The Bertz CT molecular complexity index is 460. The maximum absolute atomic E-state index is 5.12. The predicted molar refractivity (Wildman–Crippen MR) is 59.7 cm³/mol. The van der Waals surface area contributed by atoms with Crippen molar-refractivity contribution in [3.63, 3.8) is 0 Å². The lowest BCUT2D eigenvalue weighted by molar-refractivity contribution is 0.363. The van der Waals surface area contributed by atoms with Gasteiger partial charge in [-0.2, -0.15) is 5.10 Å². The number of aromatic nitrogens is 3. The lowest BCUT2D eigenvalue weighted by atomic mass is 10.2. The van der Waals surface area contributed by atoms with Gasteiger partial charge in [0.2, 0.25) is 0 Å². The van der Waals surface area contributed by atoms with Crippen molar-refractivity contribution in [1.82, 2.24) is 20.3 Å². The van der Waals surface area contributed by atoms with Gasteiger partial charge in [-0.1, -0.05) is 5.16 Å². The third-order valence-electron chi connectivity index (χ3n) is 2.48. The van der Waals surface area contributed by atoms with Crippen LogP contribution in [0.3, 0.4) is 0 Å². The zero-order valence-electron chi connectivity index (χ0n) is 9.77. The van der Waals surface area contributed by atoms with Crippen LogP contribution in [-0.4, -0.2) is 14.9 Å². The van der Waals surface area contributed by atoms with Crippen molar-refractivity contribution >= 4 is 0 Å². The molecule has 5 heteroatoms. The highest BCUT2D eigenvalue weighted by molar-refractivity contribution is 5.10. The van der Waals surface area contributed by atoms with Crippen molar-refractivity contribution in [2.45, 2.75) is 26.4 Å². The average Bonchev–Trinajstić information content (AvgIpc) is 2.84. The molecule has 1 N–H and O–H groups in total. The zero-order valence-corrected chi connectivity index (χ0v) is 9.77. The van der Waals surface area contributed by atoms with E-state index in [1.807, 2.05) is 32.4 Å². The van der Waals surface area contributed by atoms with Gasteiger partial charge in [-0.25, -0.2) is 0 Å². The SMILES string of the molecule is Cc1cc(CNC(C)c2cnn(C)c2)on1. The summed E-state index contributed by atoms with van der Waals surface area (Å²) in [6, 6.07) is 2.18. The third kappa shape index (κ3) is 2.49. The lowest BCUT2D eigenvalue weighted by Gasteiger charge is -2.09. The summed E-state index contributed by atoms with van der Waals surface area (Å²) in [5.74, 6) is 0.855. The van der Waals surface area contributed by atoms with Crippen LogP contribution in [0.1, 0.15) is 30.0 Å². The van der Waals surface area contributed by atoms with Gasteiger partial charge in [-0.05, 0) is 13.8 Å². The van der Waals surface area contributed by atoms with Gasteiger partial charge < -0.3 is 9.84 Å². The van der Waals surface area contributed by atoms with Gasteiger partial charge in [0.15, 0.2) is 5.76 Å². The summed E-state index contributed by atoms with van der Waals surface area (Å²) >= 11 is 0. The molecule has 2 aromatic rings. The van der Waals surface area contributed by atoms with Gasteiger partial charge in [-0.3, -0.25) is 4.68 Å². The molecule has 1 unspecified atom stereocenters. The van der Waals surface area contributed by atoms with Gasteiger partial charge in [0.25, 0.3) is 0 Å². The van der Waals surface area contributed by atoms with E-state index in [0.717, 1.165) is 11.5 Å². The van der Waals surface area contributed by atoms with Gasteiger partial charge >= 0.3 is 0 Å². The molecular weight excluding hydrogens is 204 g/mol. The summed E-state index contributed by atoms with van der Waals surface area (Å²) in [4.78, 5) is 0. The molecule has 2 aromatic heterocycles. The number of nitrogens with one attached hydrogen (secondary N) is 1. The van der Waals surface area contributed by atoms with E-state index < -0.39 is 0 Å². The minimum absolute atomic E-state index is 0.249. The first-order valence-electron chi connectivity index (χ1n) is 5.29. The van der Waals surface area contributed by atoms with Crippen molar-refractivity contribution in [1.29, 1.82) is 0 Å². The fourth-order valence-corrected chi connectivity index (χ4v) is 1.53. The van der Waals surface area contributed by atoms with Crippen molar-refractivity contribution in [2.24, 2.45) is 7.05 Å². The Morgan fingerprint density at radius 2 is 2.38 bits per heavy atom. The van der Waals surface area contributed by atoms with Crippen molar-refractivity contribution in [3.05, 3.63) is 35.5 Å². The van der Waals surface area contributed by atoms with Crippen LogP contribution in [0, 0.1) is 6.92 Å². The molecule has 5 nitrogen and oxygen atoms in total. The van der Waals surface area contributed by atoms with Crippen LogP contribution < -0.4 is 5.32 Å². The van der Waals surface area contributed by atoms with Crippen LogP contribution in [0.4, 0.5) is 0 Å². The van der Waals surface area contributed by atoms with E-state index in [-0.39, 0.29) is 6.04 Å². The summed E-state index contributed by atoms with van der Waals surface area (Å²) in [5, 5.41) is 11.3. The minimum atomic E-state index is 0.249. The van der Waals surface area contributed by atoms with Gasteiger partial charge in [0, 0.05) is 30.9 Å². The van der Waals surface area contributed by atoms with Crippen LogP contribution in [0.25, 0.3) is 0 Å². The molecule has 0 spiro atoms. The molecule has 0 aromatic carbocycles. The summed E-state index contributed by atoms with van der Waals surface area (Å²) in [6.07, 6.45) is 3.87. The van der Waals surface area contributed by atoms with Crippen LogP contribution >= 0.6 is 0 Å². The van der Waals surface area contributed by atoms with Crippen molar-refractivity contribution in [3.8, 4) is 0 Å². The molecule has 0 saturated heterocycles. The fraction of sp³-hybridized carbons (Fsp3) is 0.455. The quantitative estimate of drug-likeness (QED) is 0.849. The molecule has 0 fully saturated rings. The summed E-state index contributed by atoms with van der Waals surface area (Å²) in [7, 11) is 1.91. The Hall–Kier alpha value is -1.62. The standard InChI is InChI=1S/C11H16N4O/c1-8-4-11(16-14-8)6-12-9(2)10-5-13-15(3)7-10/h4-5,7,9,12H,6H2,1-3H3. The maximum Gasteiger partial charge on any atom is 0.150 e. The monoisotopic (exact) mass is 220 g/mol. The Morgan fingerprint density at radius 1 is 1.56 bits per heavy atom. The Balaban J connectivity index is 1.91. The predicted octanol–water partition coefficient (Wildman–Crippen LogP) is 1.57. The molecule has 2 heterocycles. The molecule has 0 bridgehead atoms. The maximum atomic E-state index is 5.12. The van der Waals surface area contributed by atoms with Gasteiger partial charge in [0.05, 0.1) is 18.4 Å². The topological polar surface area (TPSA) is 55.9 Å². The third-order valence-corrected chi connectivity index (χ3v) is 2.48. The minimum Gasteiger partial charge on any atom is -0.360 e. The van der Waals surface area contributed by atoms with Gasteiger partial charge in [-0.15, -0.1) is 0 Å².